The van der Waals surface area contributed by atoms with E-state index in [1.165, 1.54) is 44.9 Å². The SMILES string of the molecule is CC/C=C\C/C=C\C/C=C\C/C=C\CCCCCC(=O)OC(COC(=O)CCC/C=C\C/C=C\C/C=C\CCCCCCCC)COC(=O)CCCC/C=C\C/C=C\CC. The molecule has 6 nitrogen and oxygen atoms in total. The minimum atomic E-state index is -0.828. The van der Waals surface area contributed by atoms with Crippen LogP contribution in [-0.4, -0.2) is 37.2 Å². The van der Waals surface area contributed by atoms with Gasteiger partial charge >= 0.3 is 17.9 Å². The van der Waals surface area contributed by atoms with Crippen LogP contribution in [0.2, 0.25) is 0 Å². The first kappa shape index (κ1) is 56.1. The van der Waals surface area contributed by atoms with Gasteiger partial charge in [0.15, 0.2) is 6.10 Å². The largest absolute Gasteiger partial charge is 0.462 e. The highest BCUT2D eigenvalue weighted by Crippen LogP contribution is 2.11. The van der Waals surface area contributed by atoms with Crippen molar-refractivity contribution in [3.63, 3.8) is 0 Å². The summed E-state index contributed by atoms with van der Waals surface area (Å²) in [4.78, 5) is 37.7. The van der Waals surface area contributed by atoms with Crippen LogP contribution in [0.25, 0.3) is 0 Å². The Morgan fingerprint density at radius 3 is 1.12 bits per heavy atom. The van der Waals surface area contributed by atoms with Gasteiger partial charge in [-0.05, 0) is 116 Å². The molecule has 0 aliphatic carbocycles. The smallest absolute Gasteiger partial charge is 0.306 e. The average molecular weight is 831 g/mol. The Kier molecular flexibility index (Phi) is 44.6. The molecule has 1 atom stereocenters. The van der Waals surface area contributed by atoms with Crippen LogP contribution in [0, 0.1) is 0 Å². The van der Waals surface area contributed by atoms with E-state index in [9.17, 15) is 14.4 Å². The molecular formula is C54H86O6. The molecule has 0 heterocycles. The Labute approximate surface area is 368 Å². The molecule has 0 amide bonds. The highest BCUT2D eigenvalue weighted by Gasteiger charge is 2.19. The molecule has 0 spiro atoms. The molecule has 0 aromatic carbocycles. The normalized spacial score (nSPS) is 13.1. The molecule has 0 rings (SSSR count). The van der Waals surface area contributed by atoms with E-state index >= 15 is 0 Å². The van der Waals surface area contributed by atoms with E-state index in [1.807, 2.05) is 0 Å². The average Bonchev–Trinajstić information content (AvgIpc) is 3.24. The van der Waals surface area contributed by atoms with E-state index in [1.54, 1.807) is 0 Å². The first-order valence-corrected chi connectivity index (χ1v) is 23.9. The molecule has 6 heteroatoms. The molecule has 0 bridgehead atoms. The fraction of sp³-hybridized carbons (Fsp3) is 0.611. The number of carbonyl (C=O) groups excluding carboxylic acids is 3. The van der Waals surface area contributed by atoms with E-state index in [0.29, 0.717) is 19.3 Å². The zero-order chi connectivity index (χ0) is 43.7. The molecule has 0 aliphatic rings. The molecule has 0 aromatic rings. The molecule has 338 valence electrons. The number of hydrogen-bond acceptors (Lipinski definition) is 6. The van der Waals surface area contributed by atoms with Crippen LogP contribution in [0.4, 0.5) is 0 Å². The standard InChI is InChI=1S/C54H86O6/c1-4-7-10-13-16-19-21-23-25-27-29-30-32-35-38-41-44-47-53(56)59-50-51(49-58-52(55)46-43-40-37-34-18-15-12-9-6-3)60-54(57)48-45-42-39-36-33-31-28-26-24-22-20-17-14-11-8-5-2/h8-9,11-12,17-18,20,23-26,29-31,33-35,38,51H,4-7,10,13-16,19,21-22,27-28,32,36-37,39-50H2,1-3H3/b11-8-,12-9-,20-17-,25-23-,26-24-,30-29-,33-31-,34-18-,38-35-. The molecule has 0 fully saturated rings. The fourth-order valence-electron chi connectivity index (χ4n) is 5.95. The molecular weight excluding hydrogens is 745 g/mol. The Morgan fingerprint density at radius 1 is 0.350 bits per heavy atom. The summed E-state index contributed by atoms with van der Waals surface area (Å²) in [7, 11) is 0. The number of unbranched alkanes of at least 4 members (excludes halogenated alkanes) is 12. The second-order valence-corrected chi connectivity index (χ2v) is 15.2. The van der Waals surface area contributed by atoms with Crippen molar-refractivity contribution in [2.45, 2.75) is 200 Å². The van der Waals surface area contributed by atoms with Gasteiger partial charge in [0, 0.05) is 19.3 Å². The lowest BCUT2D eigenvalue weighted by Crippen LogP contribution is -2.30. The van der Waals surface area contributed by atoms with Crippen molar-refractivity contribution >= 4 is 17.9 Å². The summed E-state index contributed by atoms with van der Waals surface area (Å²) in [5.41, 5.74) is 0. The monoisotopic (exact) mass is 831 g/mol. The van der Waals surface area contributed by atoms with Crippen molar-refractivity contribution in [2.24, 2.45) is 0 Å². The van der Waals surface area contributed by atoms with Gasteiger partial charge in [0.2, 0.25) is 0 Å². The summed E-state index contributed by atoms with van der Waals surface area (Å²) < 4.78 is 16.6. The second-order valence-electron chi connectivity index (χ2n) is 15.2. The predicted octanol–water partition coefficient (Wildman–Crippen LogP) is 15.6. The van der Waals surface area contributed by atoms with Crippen LogP contribution in [0.1, 0.15) is 194 Å². The predicted molar refractivity (Wildman–Crippen MR) is 256 cm³/mol. The van der Waals surface area contributed by atoms with Crippen molar-refractivity contribution in [1.29, 1.82) is 0 Å². The van der Waals surface area contributed by atoms with Gasteiger partial charge in [-0.15, -0.1) is 0 Å². The number of rotatable bonds is 41. The Hall–Kier alpha value is -3.93. The zero-order valence-corrected chi connectivity index (χ0v) is 38.4. The van der Waals surface area contributed by atoms with Gasteiger partial charge in [-0.2, -0.15) is 0 Å². The summed E-state index contributed by atoms with van der Waals surface area (Å²) in [6.07, 6.45) is 63.8. The van der Waals surface area contributed by atoms with Gasteiger partial charge < -0.3 is 14.2 Å². The van der Waals surface area contributed by atoms with Gasteiger partial charge in [0.05, 0.1) is 0 Å². The lowest BCUT2D eigenvalue weighted by atomic mass is 10.1. The maximum Gasteiger partial charge on any atom is 0.306 e. The molecule has 0 saturated carbocycles. The van der Waals surface area contributed by atoms with Crippen molar-refractivity contribution in [3.8, 4) is 0 Å². The minimum Gasteiger partial charge on any atom is -0.462 e. The third-order valence-electron chi connectivity index (χ3n) is 9.49. The third kappa shape index (κ3) is 45.2. The highest BCUT2D eigenvalue weighted by molar-refractivity contribution is 5.71. The van der Waals surface area contributed by atoms with Crippen molar-refractivity contribution in [2.75, 3.05) is 13.2 Å². The van der Waals surface area contributed by atoms with Crippen molar-refractivity contribution < 1.29 is 28.6 Å². The van der Waals surface area contributed by atoms with Gasteiger partial charge in [0.25, 0.3) is 0 Å². The van der Waals surface area contributed by atoms with E-state index in [-0.39, 0.29) is 44.0 Å². The highest BCUT2D eigenvalue weighted by atomic mass is 16.6. The zero-order valence-electron chi connectivity index (χ0n) is 38.4. The number of allylic oxidation sites excluding steroid dienone is 18. The Balaban J connectivity index is 4.53. The lowest BCUT2D eigenvalue weighted by molar-refractivity contribution is -0.167. The van der Waals surface area contributed by atoms with Gasteiger partial charge in [-0.1, -0.05) is 169 Å². The summed E-state index contributed by atoms with van der Waals surface area (Å²) in [6, 6.07) is 0. The van der Waals surface area contributed by atoms with Crippen LogP contribution >= 0.6 is 0 Å². The van der Waals surface area contributed by atoms with Crippen LogP contribution in [-0.2, 0) is 28.6 Å². The molecule has 60 heavy (non-hydrogen) atoms. The molecule has 0 aliphatic heterocycles. The van der Waals surface area contributed by atoms with Crippen LogP contribution in [0.3, 0.4) is 0 Å². The Bertz CT molecular complexity index is 1280. The quantitative estimate of drug-likeness (QED) is 0.0264. The van der Waals surface area contributed by atoms with Gasteiger partial charge in [-0.25, -0.2) is 0 Å². The van der Waals surface area contributed by atoms with E-state index in [2.05, 4.69) is 130 Å². The van der Waals surface area contributed by atoms with Crippen molar-refractivity contribution in [3.05, 3.63) is 109 Å². The second kappa shape index (κ2) is 47.7. The number of carbonyl (C=O) groups is 3. The van der Waals surface area contributed by atoms with E-state index in [0.717, 1.165) is 96.3 Å². The molecule has 0 saturated heterocycles. The number of hydrogen-bond donors (Lipinski definition) is 0. The maximum absolute atomic E-state index is 12.7. The van der Waals surface area contributed by atoms with Crippen LogP contribution < -0.4 is 0 Å². The van der Waals surface area contributed by atoms with E-state index in [4.69, 9.17) is 14.2 Å². The fourth-order valence-corrected chi connectivity index (χ4v) is 5.95. The Morgan fingerprint density at radius 2 is 0.667 bits per heavy atom. The summed E-state index contributed by atoms with van der Waals surface area (Å²) in [5.74, 6) is -1.06. The third-order valence-corrected chi connectivity index (χ3v) is 9.49. The van der Waals surface area contributed by atoms with Crippen LogP contribution in [0.15, 0.2) is 109 Å². The summed E-state index contributed by atoms with van der Waals surface area (Å²) >= 11 is 0. The summed E-state index contributed by atoms with van der Waals surface area (Å²) in [5, 5.41) is 0. The van der Waals surface area contributed by atoms with Crippen LogP contribution in [0.5, 0.6) is 0 Å². The molecule has 0 radical (unpaired) electrons. The van der Waals surface area contributed by atoms with E-state index < -0.39 is 6.10 Å². The number of ether oxygens (including phenoxy) is 3. The minimum absolute atomic E-state index is 0.126. The molecule has 0 aromatic heterocycles. The van der Waals surface area contributed by atoms with Gasteiger partial charge in [-0.3, -0.25) is 14.4 Å². The summed E-state index contributed by atoms with van der Waals surface area (Å²) in [6.45, 7) is 6.26. The van der Waals surface area contributed by atoms with Gasteiger partial charge in [0.1, 0.15) is 13.2 Å². The molecule has 1 unspecified atom stereocenters. The maximum atomic E-state index is 12.7. The van der Waals surface area contributed by atoms with Crippen molar-refractivity contribution in [1.82, 2.24) is 0 Å². The lowest BCUT2D eigenvalue weighted by Gasteiger charge is -2.18. The molecule has 0 N–H and O–H groups in total. The number of esters is 3. The first-order chi connectivity index (χ1) is 29.5. The first-order valence-electron chi connectivity index (χ1n) is 23.9. The topological polar surface area (TPSA) is 78.9 Å².